The van der Waals surface area contributed by atoms with Crippen LogP contribution < -0.4 is 5.56 Å². The molecule has 0 fully saturated rings. The molecule has 0 radical (unpaired) electrons. The fraction of sp³-hybridized carbons (Fsp3) is 0.125. The maximum atomic E-state index is 11.0. The highest BCUT2D eigenvalue weighted by Crippen LogP contribution is 2.05. The molecule has 0 saturated carbocycles. The van der Waals surface area contributed by atoms with Gasteiger partial charge in [0.2, 0.25) is 0 Å². The summed E-state index contributed by atoms with van der Waals surface area (Å²) in [6.45, 7) is 0. The van der Waals surface area contributed by atoms with Crippen LogP contribution in [0.3, 0.4) is 0 Å². The highest BCUT2D eigenvalue weighted by molar-refractivity contribution is 5.35. The minimum atomic E-state index is 0. The zero-order valence-corrected chi connectivity index (χ0v) is 6.45. The van der Waals surface area contributed by atoms with Gasteiger partial charge in [0.1, 0.15) is 0 Å². The first kappa shape index (κ1) is 10.6. The molecule has 12 heavy (non-hydrogen) atoms. The Morgan fingerprint density at radius 3 is 2.67 bits per heavy atom. The Balaban J connectivity index is 0.000000605. The van der Waals surface area contributed by atoms with Crippen molar-refractivity contribution in [2.75, 3.05) is 0 Å². The Morgan fingerprint density at radius 1 is 1.25 bits per heavy atom. The Bertz CT molecular complexity index is 340. The van der Waals surface area contributed by atoms with Crippen molar-refractivity contribution in [1.82, 2.24) is 4.57 Å². The maximum Gasteiger partial charge on any atom is 0.254 e. The van der Waals surface area contributed by atoms with Gasteiger partial charge in [0.05, 0.1) is 0 Å². The molecular weight excluding hydrogens is 158 g/mol. The average molecular weight is 169 g/mol. The number of hydrogen-bond donors (Lipinski definition) is 0. The lowest BCUT2D eigenvalue weighted by Crippen LogP contribution is -2.14. The molecule has 1 aromatic heterocycles. The Hall–Kier alpha value is -1.39. The summed E-state index contributed by atoms with van der Waals surface area (Å²) in [4.78, 5) is 11.0. The molecule has 0 unspecified atom stereocenters. The van der Waals surface area contributed by atoms with E-state index in [-0.39, 0.29) is 16.5 Å². The number of allylic oxidation sites excluding steroid dienone is 1. The van der Waals surface area contributed by atoms with E-state index in [1.54, 1.807) is 16.7 Å². The number of fused-ring (bicyclic) bond motifs is 1. The third kappa shape index (κ3) is 1.44. The van der Waals surface area contributed by atoms with Crippen LogP contribution in [-0.4, -0.2) is 15.5 Å². The summed E-state index contributed by atoms with van der Waals surface area (Å²) in [5.41, 5.74) is 1.14. The van der Waals surface area contributed by atoms with Gasteiger partial charge in [-0.15, -0.1) is 0 Å². The van der Waals surface area contributed by atoms with Crippen molar-refractivity contribution in [2.24, 2.45) is 0 Å². The van der Waals surface area contributed by atoms with Gasteiger partial charge in [-0.05, 0) is 6.07 Å². The smallest absolute Gasteiger partial charge is 0.254 e. The molecule has 2 heterocycles. The van der Waals surface area contributed by atoms with Crippen molar-refractivity contribution >= 4 is 6.20 Å². The van der Waals surface area contributed by atoms with E-state index < -0.39 is 0 Å². The van der Waals surface area contributed by atoms with E-state index in [0.29, 0.717) is 0 Å². The van der Waals surface area contributed by atoms with Gasteiger partial charge in [-0.2, -0.15) is 0 Å². The van der Waals surface area contributed by atoms with Gasteiger partial charge in [0, 0.05) is 24.4 Å². The van der Waals surface area contributed by atoms with Gasteiger partial charge in [0.25, 0.3) is 5.56 Å². The molecule has 0 aliphatic carbocycles. The molecule has 66 valence electrons. The number of rotatable bonds is 0. The van der Waals surface area contributed by atoms with Gasteiger partial charge in [0.15, 0.2) is 0 Å². The van der Waals surface area contributed by atoms with E-state index in [1.165, 1.54) is 0 Å². The van der Waals surface area contributed by atoms with Crippen LogP contribution >= 0.6 is 0 Å². The predicted molar refractivity (Wildman–Crippen MR) is 47.0 cm³/mol. The van der Waals surface area contributed by atoms with Crippen molar-refractivity contribution < 1.29 is 11.0 Å². The average Bonchev–Trinajstić information content (AvgIpc) is 2.36. The second kappa shape index (κ2) is 3.85. The highest BCUT2D eigenvalue weighted by atomic mass is 16.1. The quantitative estimate of drug-likeness (QED) is 0.501. The Labute approximate surface area is 69.4 Å². The van der Waals surface area contributed by atoms with Gasteiger partial charge in [-0.3, -0.25) is 9.36 Å². The normalized spacial score (nSPS) is 11.3. The summed E-state index contributed by atoms with van der Waals surface area (Å²) in [5.74, 6) is 0. The topological polar surface area (TPSA) is 85.0 Å². The summed E-state index contributed by atoms with van der Waals surface area (Å²) in [7, 11) is 0. The number of aromatic nitrogens is 1. The van der Waals surface area contributed by atoms with Crippen molar-refractivity contribution in [2.45, 2.75) is 6.42 Å². The Kier molecular flexibility index (Phi) is 3.40. The first-order valence-electron chi connectivity index (χ1n) is 3.25. The van der Waals surface area contributed by atoms with Crippen LogP contribution in [0.2, 0.25) is 0 Å². The maximum absolute atomic E-state index is 11.0. The van der Waals surface area contributed by atoms with Crippen molar-refractivity contribution in [1.29, 1.82) is 0 Å². The minimum Gasteiger partial charge on any atom is -0.412 e. The highest BCUT2D eigenvalue weighted by Gasteiger charge is 2.02. The summed E-state index contributed by atoms with van der Waals surface area (Å²) >= 11 is 0. The second-order valence-electron chi connectivity index (χ2n) is 2.31. The standard InChI is InChI=1S/C8H7NO.2H2O/c10-8-5-1-3-7-4-2-6-9(7)8;;/h1-3,5-6H,4H2;2*1H2. The molecule has 1 aliphatic rings. The molecule has 4 N–H and O–H groups in total. The van der Waals surface area contributed by atoms with Gasteiger partial charge < -0.3 is 11.0 Å². The zero-order chi connectivity index (χ0) is 6.97. The summed E-state index contributed by atoms with van der Waals surface area (Å²) in [6, 6.07) is 5.32. The van der Waals surface area contributed by atoms with Crippen molar-refractivity contribution in [3.8, 4) is 0 Å². The fourth-order valence-corrected chi connectivity index (χ4v) is 1.16. The minimum absolute atomic E-state index is 0. The molecule has 1 aliphatic heterocycles. The fourth-order valence-electron chi connectivity index (χ4n) is 1.16. The van der Waals surface area contributed by atoms with E-state index in [9.17, 15) is 4.79 Å². The summed E-state index contributed by atoms with van der Waals surface area (Å²) in [6.07, 6.45) is 4.68. The van der Waals surface area contributed by atoms with E-state index in [4.69, 9.17) is 0 Å². The van der Waals surface area contributed by atoms with Crippen LogP contribution in [0.5, 0.6) is 0 Å². The molecule has 2 rings (SSSR count). The number of hydrogen-bond acceptors (Lipinski definition) is 1. The van der Waals surface area contributed by atoms with Crippen LogP contribution in [0.1, 0.15) is 5.69 Å². The first-order valence-corrected chi connectivity index (χ1v) is 3.25. The molecular formula is C8H11NO3. The van der Waals surface area contributed by atoms with Crippen molar-refractivity contribution in [3.05, 3.63) is 40.3 Å². The van der Waals surface area contributed by atoms with E-state index in [1.807, 2.05) is 18.3 Å². The molecule has 0 spiro atoms. The summed E-state index contributed by atoms with van der Waals surface area (Å²) in [5, 5.41) is 0. The van der Waals surface area contributed by atoms with Crippen LogP contribution in [0.25, 0.3) is 6.20 Å². The molecule has 0 saturated heterocycles. The second-order valence-corrected chi connectivity index (χ2v) is 2.31. The first-order chi connectivity index (χ1) is 4.88. The van der Waals surface area contributed by atoms with Crippen LogP contribution in [0.4, 0.5) is 0 Å². The van der Waals surface area contributed by atoms with Gasteiger partial charge >= 0.3 is 0 Å². The Morgan fingerprint density at radius 2 is 2.00 bits per heavy atom. The molecule has 1 aromatic rings. The monoisotopic (exact) mass is 169 g/mol. The zero-order valence-electron chi connectivity index (χ0n) is 6.45. The van der Waals surface area contributed by atoms with Crippen LogP contribution in [0.15, 0.2) is 29.1 Å². The lowest BCUT2D eigenvalue weighted by atomic mass is 10.3. The van der Waals surface area contributed by atoms with Crippen LogP contribution in [0, 0.1) is 0 Å². The molecule has 0 aromatic carbocycles. The lowest BCUT2D eigenvalue weighted by Gasteiger charge is -1.97. The molecule has 0 bridgehead atoms. The third-order valence-electron chi connectivity index (χ3n) is 1.66. The molecule has 4 nitrogen and oxygen atoms in total. The molecule has 0 amide bonds. The lowest BCUT2D eigenvalue weighted by molar-refractivity contribution is 0.823. The SMILES string of the molecule is O.O.O=c1cccc2n1C=CC2. The number of pyridine rings is 1. The molecule has 0 atom stereocenters. The largest absolute Gasteiger partial charge is 0.412 e. The number of nitrogens with zero attached hydrogens (tertiary/aromatic N) is 1. The predicted octanol–water partition coefficient (Wildman–Crippen LogP) is -0.774. The van der Waals surface area contributed by atoms with Gasteiger partial charge in [-0.1, -0.05) is 12.1 Å². The van der Waals surface area contributed by atoms with E-state index in [0.717, 1.165) is 12.1 Å². The van der Waals surface area contributed by atoms with E-state index >= 15 is 0 Å². The third-order valence-corrected chi connectivity index (χ3v) is 1.66. The van der Waals surface area contributed by atoms with Gasteiger partial charge in [-0.25, -0.2) is 0 Å². The van der Waals surface area contributed by atoms with Crippen LogP contribution in [-0.2, 0) is 6.42 Å². The molecule has 4 heteroatoms. The summed E-state index contributed by atoms with van der Waals surface area (Å²) < 4.78 is 1.67. The van der Waals surface area contributed by atoms with E-state index in [2.05, 4.69) is 0 Å². The van der Waals surface area contributed by atoms with Crippen molar-refractivity contribution in [3.63, 3.8) is 0 Å².